The Morgan fingerprint density at radius 2 is 1.96 bits per heavy atom. The molecule has 0 bridgehead atoms. The highest BCUT2D eigenvalue weighted by Gasteiger charge is 2.78. The van der Waals surface area contributed by atoms with Crippen LogP contribution in [0.25, 0.3) is 0 Å². The number of rotatable bonds is 0. The summed E-state index contributed by atoms with van der Waals surface area (Å²) in [6.07, 6.45) is 15.6. The number of hydrogen-bond acceptors (Lipinski definition) is 3. The number of ketones is 1. The van der Waals surface area contributed by atoms with E-state index in [0.29, 0.717) is 36.0 Å². The minimum absolute atomic E-state index is 0.00241. The van der Waals surface area contributed by atoms with Crippen LogP contribution < -0.4 is 0 Å². The molecule has 136 valence electrons. The summed E-state index contributed by atoms with van der Waals surface area (Å²) in [6.45, 7) is 4.68. The first-order valence-corrected chi connectivity index (χ1v) is 10.2. The molecule has 8 atom stereocenters. The third-order valence-corrected chi connectivity index (χ3v) is 9.11. The number of carbonyl (C=O) groups is 2. The second-order valence-electron chi connectivity index (χ2n) is 9.95. The molecule has 7 unspecified atom stereocenters. The van der Waals surface area contributed by atoms with Gasteiger partial charge in [0.05, 0.1) is 0 Å². The van der Waals surface area contributed by atoms with E-state index >= 15 is 0 Å². The Morgan fingerprint density at radius 1 is 1.12 bits per heavy atom. The molecule has 1 heterocycles. The fourth-order valence-corrected chi connectivity index (χ4v) is 7.92. The van der Waals surface area contributed by atoms with Crippen LogP contribution in [0.1, 0.15) is 46.0 Å². The predicted octanol–water partition coefficient (Wildman–Crippen LogP) is 4.00. The van der Waals surface area contributed by atoms with Crippen molar-refractivity contribution < 1.29 is 14.3 Å². The van der Waals surface area contributed by atoms with Crippen LogP contribution in [0.15, 0.2) is 36.0 Å². The van der Waals surface area contributed by atoms with Crippen LogP contribution in [-0.2, 0) is 14.3 Å². The van der Waals surface area contributed by atoms with Gasteiger partial charge in [0.15, 0.2) is 5.78 Å². The van der Waals surface area contributed by atoms with E-state index in [1.807, 2.05) is 6.08 Å². The average Bonchev–Trinajstić information content (AvgIpc) is 3.24. The Labute approximate surface area is 154 Å². The Kier molecular flexibility index (Phi) is 2.63. The van der Waals surface area contributed by atoms with Gasteiger partial charge in [-0.05, 0) is 61.5 Å². The number of carbonyl (C=O) groups excluding carboxylic acids is 2. The van der Waals surface area contributed by atoms with E-state index in [9.17, 15) is 9.59 Å². The van der Waals surface area contributed by atoms with Crippen LogP contribution in [0.2, 0.25) is 0 Å². The summed E-state index contributed by atoms with van der Waals surface area (Å²) >= 11 is 0. The van der Waals surface area contributed by atoms with Gasteiger partial charge in [-0.1, -0.05) is 37.6 Å². The zero-order valence-electron chi connectivity index (χ0n) is 15.5. The van der Waals surface area contributed by atoms with Gasteiger partial charge in [-0.2, -0.15) is 0 Å². The third-order valence-electron chi connectivity index (χ3n) is 9.11. The molecule has 1 spiro atoms. The van der Waals surface area contributed by atoms with Crippen LogP contribution >= 0.6 is 0 Å². The lowest BCUT2D eigenvalue weighted by Crippen LogP contribution is -2.54. The molecule has 0 aromatic carbocycles. The van der Waals surface area contributed by atoms with E-state index in [1.54, 1.807) is 6.08 Å². The van der Waals surface area contributed by atoms with Crippen molar-refractivity contribution in [2.45, 2.75) is 51.6 Å². The molecule has 26 heavy (non-hydrogen) atoms. The molecule has 0 aromatic heterocycles. The standard InChI is InChI=1S/C23H26O3/c1-21-8-5-14(24)11-13(21)3-4-15-17(21)6-9-22(2)20(15)16-12-18(16)23(22)10-7-19(25)26-23/h5-6,8-9,11,15-18,20H,3-4,7,10,12H2,1-2H3/t15?,16?,17?,18?,20?,21?,22?,23-/m0/s1. The molecule has 3 nitrogen and oxygen atoms in total. The Balaban J connectivity index is 1.46. The molecule has 6 aliphatic rings. The summed E-state index contributed by atoms with van der Waals surface area (Å²) < 4.78 is 6.10. The van der Waals surface area contributed by atoms with Crippen molar-refractivity contribution in [3.8, 4) is 0 Å². The van der Waals surface area contributed by atoms with E-state index in [-0.39, 0.29) is 28.2 Å². The normalized spacial score (nSPS) is 55.8. The minimum atomic E-state index is -0.240. The number of hydrogen-bond donors (Lipinski definition) is 0. The maximum absolute atomic E-state index is 12.0. The maximum Gasteiger partial charge on any atom is 0.306 e. The highest BCUT2D eigenvalue weighted by molar-refractivity contribution is 6.01. The fourth-order valence-electron chi connectivity index (χ4n) is 7.92. The minimum Gasteiger partial charge on any atom is -0.458 e. The van der Waals surface area contributed by atoms with Crippen molar-refractivity contribution in [3.63, 3.8) is 0 Å². The molecule has 0 amide bonds. The molecule has 0 aromatic rings. The van der Waals surface area contributed by atoms with Gasteiger partial charge < -0.3 is 4.74 Å². The van der Waals surface area contributed by atoms with Crippen LogP contribution in [0.3, 0.4) is 0 Å². The van der Waals surface area contributed by atoms with Gasteiger partial charge in [0.2, 0.25) is 0 Å². The Bertz CT molecular complexity index is 834. The first kappa shape index (κ1) is 15.4. The molecular formula is C23H26O3. The Morgan fingerprint density at radius 3 is 2.73 bits per heavy atom. The second kappa shape index (κ2) is 4.43. The molecule has 1 aliphatic heterocycles. The van der Waals surface area contributed by atoms with Crippen LogP contribution in [0.4, 0.5) is 0 Å². The van der Waals surface area contributed by atoms with Gasteiger partial charge in [-0.3, -0.25) is 9.59 Å². The number of esters is 1. The van der Waals surface area contributed by atoms with Crippen LogP contribution in [0.5, 0.6) is 0 Å². The highest BCUT2D eigenvalue weighted by atomic mass is 16.6. The maximum atomic E-state index is 12.0. The molecule has 3 saturated carbocycles. The first-order chi connectivity index (χ1) is 12.4. The summed E-state index contributed by atoms with van der Waals surface area (Å²) in [7, 11) is 0. The quantitative estimate of drug-likeness (QED) is 0.490. The lowest BCUT2D eigenvalue weighted by Gasteiger charge is -2.56. The van der Waals surface area contributed by atoms with Crippen molar-refractivity contribution in [1.82, 2.24) is 0 Å². The second-order valence-corrected chi connectivity index (χ2v) is 9.95. The number of allylic oxidation sites excluding steroid dienone is 5. The fraction of sp³-hybridized carbons (Fsp3) is 0.652. The van der Waals surface area contributed by atoms with E-state index in [4.69, 9.17) is 4.74 Å². The summed E-state index contributed by atoms with van der Waals surface area (Å²) in [6, 6.07) is 0. The van der Waals surface area contributed by atoms with Gasteiger partial charge >= 0.3 is 5.97 Å². The summed E-state index contributed by atoms with van der Waals surface area (Å²) in [5.74, 6) is 3.12. The topological polar surface area (TPSA) is 43.4 Å². The number of fused-ring (bicyclic) bond motifs is 9. The zero-order chi connectivity index (χ0) is 17.9. The van der Waals surface area contributed by atoms with E-state index in [0.717, 1.165) is 19.3 Å². The highest BCUT2D eigenvalue weighted by Crippen LogP contribution is 2.77. The molecular weight excluding hydrogens is 324 g/mol. The smallest absolute Gasteiger partial charge is 0.306 e. The molecule has 0 N–H and O–H groups in total. The summed E-state index contributed by atoms with van der Waals surface area (Å²) in [5.41, 5.74) is 1.03. The SMILES string of the molecule is CC12C=CC(=O)C=C1CCC1C2C=CC2(C)C1C1CC1[C@@]21CCC(=O)O1. The average molecular weight is 350 g/mol. The lowest BCUT2D eigenvalue weighted by atomic mass is 9.48. The van der Waals surface area contributed by atoms with E-state index in [2.05, 4.69) is 32.1 Å². The predicted molar refractivity (Wildman–Crippen MR) is 96.9 cm³/mol. The lowest BCUT2D eigenvalue weighted by molar-refractivity contribution is -0.161. The number of ether oxygens (including phenoxy) is 1. The van der Waals surface area contributed by atoms with E-state index < -0.39 is 0 Å². The zero-order valence-corrected chi connectivity index (χ0v) is 15.5. The summed E-state index contributed by atoms with van der Waals surface area (Å²) in [5, 5.41) is 0. The largest absolute Gasteiger partial charge is 0.458 e. The monoisotopic (exact) mass is 350 g/mol. The van der Waals surface area contributed by atoms with Crippen molar-refractivity contribution >= 4 is 11.8 Å². The van der Waals surface area contributed by atoms with Crippen molar-refractivity contribution in [2.75, 3.05) is 0 Å². The third kappa shape index (κ3) is 1.54. The van der Waals surface area contributed by atoms with Crippen molar-refractivity contribution in [1.29, 1.82) is 0 Å². The molecule has 3 heteroatoms. The molecule has 1 saturated heterocycles. The van der Waals surface area contributed by atoms with Crippen molar-refractivity contribution in [3.05, 3.63) is 36.0 Å². The molecule has 6 rings (SSSR count). The van der Waals surface area contributed by atoms with Crippen molar-refractivity contribution in [2.24, 2.45) is 40.4 Å². The molecule has 5 aliphatic carbocycles. The van der Waals surface area contributed by atoms with Gasteiger partial charge in [-0.25, -0.2) is 0 Å². The molecule has 4 fully saturated rings. The van der Waals surface area contributed by atoms with Gasteiger partial charge in [0, 0.05) is 23.2 Å². The van der Waals surface area contributed by atoms with Crippen LogP contribution in [-0.4, -0.2) is 17.4 Å². The van der Waals surface area contributed by atoms with E-state index in [1.165, 1.54) is 12.0 Å². The van der Waals surface area contributed by atoms with Crippen LogP contribution in [0, 0.1) is 40.4 Å². The first-order valence-electron chi connectivity index (χ1n) is 10.2. The summed E-state index contributed by atoms with van der Waals surface area (Å²) in [4.78, 5) is 23.9. The molecule has 0 radical (unpaired) electrons. The van der Waals surface area contributed by atoms with Gasteiger partial charge in [0.25, 0.3) is 0 Å². The van der Waals surface area contributed by atoms with Gasteiger partial charge in [0.1, 0.15) is 5.60 Å². The Hall–Kier alpha value is -1.64. The van der Waals surface area contributed by atoms with Gasteiger partial charge in [-0.15, -0.1) is 0 Å².